The molecule has 1 aliphatic carbocycles. The summed E-state index contributed by atoms with van der Waals surface area (Å²) in [5.41, 5.74) is 1.79. The summed E-state index contributed by atoms with van der Waals surface area (Å²) >= 11 is 12.2. The van der Waals surface area contributed by atoms with Crippen LogP contribution in [0.3, 0.4) is 0 Å². The molecule has 0 saturated heterocycles. The Morgan fingerprint density at radius 2 is 2.05 bits per heavy atom. The molecule has 0 unspecified atom stereocenters. The second kappa shape index (κ2) is 4.66. The van der Waals surface area contributed by atoms with Crippen LogP contribution in [0.25, 0.3) is 11.3 Å². The predicted molar refractivity (Wildman–Crippen MR) is 77.0 cm³/mol. The zero-order chi connectivity index (χ0) is 13.6. The first-order chi connectivity index (χ1) is 9.06. The molecule has 1 aromatic heterocycles. The highest BCUT2D eigenvalue weighted by Crippen LogP contribution is 2.39. The molecule has 0 bridgehead atoms. The second-order valence-corrected chi connectivity index (χ2v) is 5.67. The molecule has 1 aromatic carbocycles. The van der Waals surface area contributed by atoms with Gasteiger partial charge in [-0.1, -0.05) is 23.2 Å². The number of hydrogen-bond donors (Lipinski definition) is 1. The van der Waals surface area contributed by atoms with Gasteiger partial charge < -0.3 is 4.98 Å². The van der Waals surface area contributed by atoms with Gasteiger partial charge in [-0.05, 0) is 38.0 Å². The highest BCUT2D eigenvalue weighted by atomic mass is 35.5. The summed E-state index contributed by atoms with van der Waals surface area (Å²) in [5, 5.41) is 1.13. The summed E-state index contributed by atoms with van der Waals surface area (Å²) in [6.45, 7) is 1.75. The van der Waals surface area contributed by atoms with E-state index in [1.165, 1.54) is 0 Å². The molecule has 1 heterocycles. The zero-order valence-corrected chi connectivity index (χ0v) is 11.8. The summed E-state index contributed by atoms with van der Waals surface area (Å²) in [7, 11) is 0. The van der Waals surface area contributed by atoms with Gasteiger partial charge in [0.2, 0.25) is 0 Å². The van der Waals surface area contributed by atoms with E-state index >= 15 is 0 Å². The molecule has 19 heavy (non-hydrogen) atoms. The summed E-state index contributed by atoms with van der Waals surface area (Å²) in [5.74, 6) is 1.13. The fourth-order valence-electron chi connectivity index (χ4n) is 2.04. The van der Waals surface area contributed by atoms with Gasteiger partial charge in [-0.15, -0.1) is 0 Å². The Balaban J connectivity index is 2.23. The van der Waals surface area contributed by atoms with E-state index < -0.39 is 0 Å². The molecule has 5 heteroatoms. The Bertz CT molecular complexity index is 705. The minimum atomic E-state index is -0.108. The fourth-order valence-corrected chi connectivity index (χ4v) is 2.42. The second-order valence-electron chi connectivity index (χ2n) is 4.82. The first-order valence-electron chi connectivity index (χ1n) is 6.12. The SMILES string of the molecule is Cc1c(-c2cc(Cl)ccc2Cl)nc(C2CC2)[nH]c1=O. The van der Waals surface area contributed by atoms with Crippen molar-refractivity contribution in [1.82, 2.24) is 9.97 Å². The topological polar surface area (TPSA) is 45.8 Å². The fraction of sp³-hybridized carbons (Fsp3) is 0.286. The van der Waals surface area contributed by atoms with E-state index in [1.807, 2.05) is 0 Å². The molecule has 0 radical (unpaired) electrons. The summed E-state index contributed by atoms with van der Waals surface area (Å²) in [6.07, 6.45) is 2.16. The van der Waals surface area contributed by atoms with Crippen LogP contribution in [0.5, 0.6) is 0 Å². The van der Waals surface area contributed by atoms with Gasteiger partial charge in [0, 0.05) is 22.1 Å². The average Bonchev–Trinajstić information content (AvgIpc) is 3.20. The lowest BCUT2D eigenvalue weighted by atomic mass is 10.1. The van der Waals surface area contributed by atoms with E-state index in [9.17, 15) is 4.79 Å². The molecule has 0 aliphatic heterocycles. The molecule has 1 N–H and O–H groups in total. The van der Waals surface area contributed by atoms with Gasteiger partial charge in [-0.25, -0.2) is 4.98 Å². The van der Waals surface area contributed by atoms with E-state index in [4.69, 9.17) is 23.2 Å². The third kappa shape index (κ3) is 2.40. The normalized spacial score (nSPS) is 14.7. The van der Waals surface area contributed by atoms with Crippen molar-refractivity contribution in [2.24, 2.45) is 0 Å². The van der Waals surface area contributed by atoms with Gasteiger partial charge in [0.15, 0.2) is 0 Å². The van der Waals surface area contributed by atoms with Crippen molar-refractivity contribution in [2.45, 2.75) is 25.7 Å². The average molecular weight is 295 g/mol. The minimum Gasteiger partial charge on any atom is -0.310 e. The molecule has 98 valence electrons. The van der Waals surface area contributed by atoms with Gasteiger partial charge in [0.25, 0.3) is 5.56 Å². The van der Waals surface area contributed by atoms with Gasteiger partial charge in [-0.2, -0.15) is 0 Å². The Kier molecular flexibility index (Phi) is 3.11. The highest BCUT2D eigenvalue weighted by molar-refractivity contribution is 6.35. The maximum atomic E-state index is 12.0. The number of aromatic amines is 1. The summed E-state index contributed by atoms with van der Waals surface area (Å²) < 4.78 is 0. The standard InChI is InChI=1S/C14H12Cl2N2O/c1-7-12(10-6-9(15)4-5-11(10)16)17-13(8-2-3-8)18-14(7)19/h4-6,8H,2-3H2,1H3,(H,17,18,19). The molecule has 1 aliphatic rings. The van der Waals surface area contributed by atoms with Crippen LogP contribution in [0.2, 0.25) is 10.0 Å². The van der Waals surface area contributed by atoms with Crippen molar-refractivity contribution >= 4 is 23.2 Å². The highest BCUT2D eigenvalue weighted by Gasteiger charge is 2.27. The molecular formula is C14H12Cl2N2O. The molecule has 0 spiro atoms. The lowest BCUT2D eigenvalue weighted by Gasteiger charge is -2.09. The molecule has 3 nitrogen and oxygen atoms in total. The van der Waals surface area contributed by atoms with Crippen LogP contribution in [0.1, 0.15) is 30.1 Å². The quantitative estimate of drug-likeness (QED) is 0.912. The lowest BCUT2D eigenvalue weighted by Crippen LogP contribution is -2.15. The van der Waals surface area contributed by atoms with E-state index in [1.54, 1.807) is 25.1 Å². The molecule has 3 rings (SSSR count). The van der Waals surface area contributed by atoms with E-state index in [2.05, 4.69) is 9.97 Å². The lowest BCUT2D eigenvalue weighted by molar-refractivity contribution is 0.901. The molecule has 0 amide bonds. The minimum absolute atomic E-state index is 0.108. The van der Waals surface area contributed by atoms with Crippen LogP contribution in [0.15, 0.2) is 23.0 Å². The largest absolute Gasteiger partial charge is 0.310 e. The van der Waals surface area contributed by atoms with Gasteiger partial charge in [-0.3, -0.25) is 4.79 Å². The van der Waals surface area contributed by atoms with Gasteiger partial charge in [0.1, 0.15) is 5.82 Å². The Hall–Kier alpha value is -1.32. The van der Waals surface area contributed by atoms with Crippen molar-refractivity contribution in [3.05, 3.63) is 50.0 Å². The Labute approximate surface area is 120 Å². The number of H-pyrrole nitrogens is 1. The predicted octanol–water partition coefficient (Wildman–Crippen LogP) is 3.93. The van der Waals surface area contributed by atoms with Crippen LogP contribution in [0, 0.1) is 6.92 Å². The first-order valence-corrected chi connectivity index (χ1v) is 6.88. The van der Waals surface area contributed by atoms with E-state index in [0.29, 0.717) is 32.8 Å². The van der Waals surface area contributed by atoms with Crippen molar-refractivity contribution in [3.63, 3.8) is 0 Å². The number of rotatable bonds is 2. The third-order valence-electron chi connectivity index (χ3n) is 3.32. The number of halogens is 2. The van der Waals surface area contributed by atoms with Crippen molar-refractivity contribution in [3.8, 4) is 11.3 Å². The smallest absolute Gasteiger partial charge is 0.254 e. The zero-order valence-electron chi connectivity index (χ0n) is 10.3. The monoisotopic (exact) mass is 294 g/mol. The molecule has 1 fully saturated rings. The van der Waals surface area contributed by atoms with Crippen molar-refractivity contribution < 1.29 is 0 Å². The number of nitrogens with zero attached hydrogens (tertiary/aromatic N) is 1. The first kappa shape index (κ1) is 12.7. The molecule has 2 aromatic rings. The van der Waals surface area contributed by atoms with Crippen molar-refractivity contribution in [1.29, 1.82) is 0 Å². The number of hydrogen-bond acceptors (Lipinski definition) is 2. The van der Waals surface area contributed by atoms with Crippen LogP contribution in [-0.2, 0) is 0 Å². The van der Waals surface area contributed by atoms with Gasteiger partial charge in [0.05, 0.1) is 10.7 Å². The number of benzene rings is 1. The number of aromatic nitrogens is 2. The Morgan fingerprint density at radius 1 is 1.32 bits per heavy atom. The van der Waals surface area contributed by atoms with Crippen molar-refractivity contribution in [2.75, 3.05) is 0 Å². The summed E-state index contributed by atoms with van der Waals surface area (Å²) in [4.78, 5) is 19.4. The third-order valence-corrected chi connectivity index (χ3v) is 3.88. The number of nitrogens with one attached hydrogen (secondary N) is 1. The summed E-state index contributed by atoms with van der Waals surface area (Å²) in [6, 6.07) is 5.19. The van der Waals surface area contributed by atoms with Crippen LogP contribution < -0.4 is 5.56 Å². The van der Waals surface area contributed by atoms with Crippen LogP contribution >= 0.6 is 23.2 Å². The van der Waals surface area contributed by atoms with Gasteiger partial charge >= 0.3 is 0 Å². The Morgan fingerprint density at radius 3 is 2.74 bits per heavy atom. The maximum absolute atomic E-state index is 12.0. The molecule has 1 saturated carbocycles. The van der Waals surface area contributed by atoms with Crippen LogP contribution in [-0.4, -0.2) is 9.97 Å². The van der Waals surface area contributed by atoms with E-state index in [0.717, 1.165) is 18.7 Å². The molecular weight excluding hydrogens is 283 g/mol. The maximum Gasteiger partial charge on any atom is 0.254 e. The van der Waals surface area contributed by atoms with Crippen LogP contribution in [0.4, 0.5) is 0 Å². The van der Waals surface area contributed by atoms with E-state index in [-0.39, 0.29) is 5.56 Å². The molecule has 0 atom stereocenters.